The molecule has 0 atom stereocenters. The van der Waals surface area contributed by atoms with Crippen LogP contribution in [0.5, 0.6) is 0 Å². The molecule has 0 amide bonds. The molecule has 140 valence electrons. The monoisotopic (exact) mass is 364 g/mol. The molecule has 1 saturated carbocycles. The van der Waals surface area contributed by atoms with Crippen LogP contribution in [0.3, 0.4) is 0 Å². The minimum absolute atomic E-state index is 0.0273. The summed E-state index contributed by atoms with van der Waals surface area (Å²) in [6.45, 7) is 3.83. The number of nitrogens with zero attached hydrogens (tertiary/aromatic N) is 2. The Morgan fingerprint density at radius 2 is 1.73 bits per heavy atom. The van der Waals surface area contributed by atoms with E-state index in [4.69, 9.17) is 0 Å². The number of aryl methyl sites for hydroxylation is 2. The van der Waals surface area contributed by atoms with E-state index in [2.05, 4.69) is 20.6 Å². The van der Waals surface area contributed by atoms with E-state index in [9.17, 15) is 13.2 Å². The molecule has 1 aromatic heterocycles. The fourth-order valence-corrected chi connectivity index (χ4v) is 3.16. The van der Waals surface area contributed by atoms with Gasteiger partial charge in [-0.1, -0.05) is 31.4 Å². The van der Waals surface area contributed by atoms with Gasteiger partial charge in [0.15, 0.2) is 5.69 Å². The molecule has 0 aliphatic heterocycles. The van der Waals surface area contributed by atoms with Gasteiger partial charge in [-0.2, -0.15) is 18.2 Å². The van der Waals surface area contributed by atoms with Gasteiger partial charge in [-0.15, -0.1) is 0 Å². The van der Waals surface area contributed by atoms with E-state index in [-0.39, 0.29) is 17.8 Å². The van der Waals surface area contributed by atoms with Crippen LogP contribution in [0.4, 0.5) is 30.6 Å². The van der Waals surface area contributed by atoms with Crippen LogP contribution in [-0.4, -0.2) is 16.0 Å². The van der Waals surface area contributed by atoms with Crippen LogP contribution in [-0.2, 0) is 6.18 Å². The molecule has 4 nitrogen and oxygen atoms in total. The molecule has 2 N–H and O–H groups in total. The smallest absolute Gasteiger partial charge is 0.351 e. The zero-order valence-corrected chi connectivity index (χ0v) is 15.0. The maximum Gasteiger partial charge on any atom is 0.433 e. The molecule has 0 unspecified atom stereocenters. The second-order valence-electron chi connectivity index (χ2n) is 6.88. The van der Waals surface area contributed by atoms with Gasteiger partial charge in [0.1, 0.15) is 5.82 Å². The standard InChI is InChI=1S/C19H23F3N4/c1-12-8-9-13(2)15(10-12)24-17-11-16(19(20,21)22)25-18(26-17)23-14-6-4-3-5-7-14/h8-11,14H,3-7H2,1-2H3,(H2,23,24,25,26). The summed E-state index contributed by atoms with van der Waals surface area (Å²) in [7, 11) is 0. The van der Waals surface area contributed by atoms with E-state index in [0.717, 1.165) is 48.6 Å². The van der Waals surface area contributed by atoms with E-state index >= 15 is 0 Å². The number of benzene rings is 1. The van der Waals surface area contributed by atoms with Crippen molar-refractivity contribution >= 4 is 17.5 Å². The van der Waals surface area contributed by atoms with Gasteiger partial charge in [0.05, 0.1) is 0 Å². The van der Waals surface area contributed by atoms with Gasteiger partial charge in [-0.3, -0.25) is 0 Å². The first-order chi connectivity index (χ1) is 12.3. The summed E-state index contributed by atoms with van der Waals surface area (Å²) in [4.78, 5) is 7.97. The van der Waals surface area contributed by atoms with Crippen molar-refractivity contribution in [1.82, 2.24) is 9.97 Å². The Hall–Kier alpha value is -2.31. The lowest BCUT2D eigenvalue weighted by molar-refractivity contribution is -0.141. The molecule has 0 saturated heterocycles. The van der Waals surface area contributed by atoms with Gasteiger partial charge >= 0.3 is 6.18 Å². The fourth-order valence-electron chi connectivity index (χ4n) is 3.16. The fraction of sp³-hybridized carbons (Fsp3) is 0.474. The average molecular weight is 364 g/mol. The maximum absolute atomic E-state index is 13.3. The van der Waals surface area contributed by atoms with Crippen molar-refractivity contribution in [3.8, 4) is 0 Å². The Bertz CT molecular complexity index is 768. The summed E-state index contributed by atoms with van der Waals surface area (Å²) in [5, 5.41) is 6.10. The minimum Gasteiger partial charge on any atom is -0.351 e. The molecular formula is C19H23F3N4. The molecule has 3 rings (SSSR count). The van der Waals surface area contributed by atoms with Crippen molar-refractivity contribution in [2.24, 2.45) is 0 Å². The highest BCUT2D eigenvalue weighted by Gasteiger charge is 2.34. The summed E-state index contributed by atoms with van der Waals surface area (Å²) >= 11 is 0. The highest BCUT2D eigenvalue weighted by molar-refractivity contribution is 5.62. The van der Waals surface area contributed by atoms with Gasteiger partial charge in [0, 0.05) is 17.8 Å². The second kappa shape index (κ2) is 7.51. The molecule has 7 heteroatoms. The highest BCUT2D eigenvalue weighted by atomic mass is 19.4. The first kappa shape index (κ1) is 18.5. The number of halogens is 3. The van der Waals surface area contributed by atoms with Crippen molar-refractivity contribution in [3.63, 3.8) is 0 Å². The Morgan fingerprint density at radius 3 is 2.42 bits per heavy atom. The predicted molar refractivity (Wildman–Crippen MR) is 96.7 cm³/mol. The third-order valence-electron chi connectivity index (χ3n) is 4.61. The number of alkyl halides is 3. The number of nitrogens with one attached hydrogen (secondary N) is 2. The third kappa shape index (κ3) is 4.65. The molecule has 1 fully saturated rings. The van der Waals surface area contributed by atoms with Crippen molar-refractivity contribution in [3.05, 3.63) is 41.1 Å². The van der Waals surface area contributed by atoms with Crippen LogP contribution in [0.2, 0.25) is 0 Å². The molecule has 0 bridgehead atoms. The molecule has 0 radical (unpaired) electrons. The van der Waals surface area contributed by atoms with Crippen molar-refractivity contribution in [1.29, 1.82) is 0 Å². The summed E-state index contributed by atoms with van der Waals surface area (Å²) in [6, 6.07) is 6.84. The van der Waals surface area contributed by atoms with E-state index in [1.54, 1.807) is 0 Å². The lowest BCUT2D eigenvalue weighted by Crippen LogP contribution is -2.24. The van der Waals surface area contributed by atoms with Gasteiger partial charge in [-0.05, 0) is 43.9 Å². The van der Waals surface area contributed by atoms with Crippen molar-refractivity contribution in [2.45, 2.75) is 58.2 Å². The van der Waals surface area contributed by atoms with Gasteiger partial charge in [0.25, 0.3) is 0 Å². The largest absolute Gasteiger partial charge is 0.433 e. The molecule has 1 aliphatic carbocycles. The summed E-state index contributed by atoms with van der Waals surface area (Å²) in [5.41, 5.74) is 1.74. The number of anilines is 3. The molecule has 26 heavy (non-hydrogen) atoms. The topological polar surface area (TPSA) is 49.8 Å². The molecule has 1 aliphatic rings. The molecular weight excluding hydrogens is 341 g/mol. The predicted octanol–water partition coefficient (Wildman–Crippen LogP) is 5.60. The van der Waals surface area contributed by atoms with Gasteiger partial charge in [-0.25, -0.2) is 4.98 Å². The van der Waals surface area contributed by atoms with Crippen LogP contribution in [0, 0.1) is 13.8 Å². The number of aromatic nitrogens is 2. The SMILES string of the molecule is Cc1ccc(C)c(Nc2cc(C(F)(F)F)nc(NC3CCCCC3)n2)c1. The lowest BCUT2D eigenvalue weighted by atomic mass is 9.96. The van der Waals surface area contributed by atoms with Crippen molar-refractivity contribution < 1.29 is 13.2 Å². The van der Waals surface area contributed by atoms with Crippen LogP contribution in [0.1, 0.15) is 48.9 Å². The molecule has 1 aromatic carbocycles. The quantitative estimate of drug-likeness (QED) is 0.741. The summed E-state index contributed by atoms with van der Waals surface area (Å²) < 4.78 is 39.8. The van der Waals surface area contributed by atoms with E-state index in [1.807, 2.05) is 32.0 Å². The Labute approximate surface area is 151 Å². The van der Waals surface area contributed by atoms with Crippen LogP contribution in [0.25, 0.3) is 0 Å². The number of hydrogen-bond acceptors (Lipinski definition) is 4. The van der Waals surface area contributed by atoms with E-state index in [0.29, 0.717) is 0 Å². The highest BCUT2D eigenvalue weighted by Crippen LogP contribution is 2.31. The molecule has 2 aromatic rings. The van der Waals surface area contributed by atoms with E-state index in [1.165, 1.54) is 6.42 Å². The molecule has 1 heterocycles. The summed E-state index contributed by atoms with van der Waals surface area (Å²) in [6.07, 6.45) is 0.651. The van der Waals surface area contributed by atoms with Crippen LogP contribution >= 0.6 is 0 Å². The van der Waals surface area contributed by atoms with Crippen LogP contribution in [0.15, 0.2) is 24.3 Å². The average Bonchev–Trinajstić information content (AvgIpc) is 2.58. The normalized spacial score (nSPS) is 15.7. The van der Waals surface area contributed by atoms with Crippen molar-refractivity contribution in [2.75, 3.05) is 10.6 Å². The number of hydrogen-bond donors (Lipinski definition) is 2. The number of rotatable bonds is 4. The minimum atomic E-state index is -4.52. The zero-order valence-electron chi connectivity index (χ0n) is 15.0. The van der Waals surface area contributed by atoms with E-state index < -0.39 is 11.9 Å². The van der Waals surface area contributed by atoms with Gasteiger partial charge < -0.3 is 10.6 Å². The Balaban J connectivity index is 1.90. The molecule has 0 spiro atoms. The van der Waals surface area contributed by atoms with Gasteiger partial charge in [0.2, 0.25) is 5.95 Å². The summed E-state index contributed by atoms with van der Waals surface area (Å²) in [5.74, 6) is 0.166. The lowest BCUT2D eigenvalue weighted by Gasteiger charge is -2.23. The second-order valence-corrected chi connectivity index (χ2v) is 6.88. The first-order valence-corrected chi connectivity index (χ1v) is 8.88. The third-order valence-corrected chi connectivity index (χ3v) is 4.61. The Kier molecular flexibility index (Phi) is 5.34. The van der Waals surface area contributed by atoms with Crippen LogP contribution < -0.4 is 10.6 Å². The Morgan fingerprint density at radius 1 is 1.00 bits per heavy atom. The maximum atomic E-state index is 13.3. The zero-order chi connectivity index (χ0) is 18.7. The first-order valence-electron chi connectivity index (χ1n) is 8.88.